The summed E-state index contributed by atoms with van der Waals surface area (Å²) in [5.74, 6) is 2.18. The fourth-order valence-electron chi connectivity index (χ4n) is 4.50. The molecule has 1 aliphatic rings. The van der Waals surface area contributed by atoms with Crippen LogP contribution >= 0.6 is 0 Å². The third-order valence-corrected chi connectivity index (χ3v) is 6.26. The molecule has 1 aromatic heterocycles. The Morgan fingerprint density at radius 3 is 2.18 bits per heavy atom. The van der Waals surface area contributed by atoms with Gasteiger partial charge in [0.05, 0.1) is 26.8 Å². The van der Waals surface area contributed by atoms with Crippen LogP contribution in [0.1, 0.15) is 41.6 Å². The Kier molecular flexibility index (Phi) is 6.87. The van der Waals surface area contributed by atoms with Gasteiger partial charge in [0.1, 0.15) is 5.82 Å². The minimum absolute atomic E-state index is 0.126. The Balaban J connectivity index is 1.36. The summed E-state index contributed by atoms with van der Waals surface area (Å²) in [6, 6.07) is 14.1. The van der Waals surface area contributed by atoms with Crippen LogP contribution in [-0.4, -0.2) is 44.3 Å². The summed E-state index contributed by atoms with van der Waals surface area (Å²) in [6.45, 7) is 2.12. The molecule has 0 aliphatic heterocycles. The lowest BCUT2D eigenvalue weighted by atomic mass is 9.91. The van der Waals surface area contributed by atoms with Gasteiger partial charge in [0, 0.05) is 23.0 Å². The molecular weight excluding hydrogens is 418 g/mol. The molecular formula is C26H31N3O4. The predicted molar refractivity (Wildman–Crippen MR) is 130 cm³/mol. The average Bonchev–Trinajstić information content (AvgIpc) is 2.84. The number of nitrogens with zero attached hydrogens (tertiary/aromatic N) is 1. The van der Waals surface area contributed by atoms with Gasteiger partial charge in [0.25, 0.3) is 5.91 Å². The van der Waals surface area contributed by atoms with Crippen LogP contribution in [0.5, 0.6) is 17.2 Å². The molecule has 2 aromatic carbocycles. The number of hydrogen-bond acceptors (Lipinski definition) is 6. The fourth-order valence-corrected chi connectivity index (χ4v) is 4.50. The van der Waals surface area contributed by atoms with Crippen molar-refractivity contribution in [1.29, 1.82) is 0 Å². The SMILES string of the molecule is COc1cc(C(=O)NC2CCC(Nc3cc(C)c4ccccc4n3)CC2)cc(OC)c1OC. The highest BCUT2D eigenvalue weighted by molar-refractivity contribution is 5.95. The molecule has 0 radical (unpaired) electrons. The van der Waals surface area contributed by atoms with Crippen LogP contribution in [0.2, 0.25) is 0 Å². The maximum absolute atomic E-state index is 12.9. The third-order valence-electron chi connectivity index (χ3n) is 6.26. The molecule has 0 saturated heterocycles. The first-order chi connectivity index (χ1) is 16.0. The van der Waals surface area contributed by atoms with Crippen LogP contribution in [0.15, 0.2) is 42.5 Å². The van der Waals surface area contributed by atoms with Crippen molar-refractivity contribution in [2.45, 2.75) is 44.7 Å². The molecule has 33 heavy (non-hydrogen) atoms. The van der Waals surface area contributed by atoms with E-state index in [2.05, 4.69) is 29.7 Å². The van der Waals surface area contributed by atoms with Crippen LogP contribution in [-0.2, 0) is 0 Å². The highest BCUT2D eigenvalue weighted by Crippen LogP contribution is 2.38. The van der Waals surface area contributed by atoms with Gasteiger partial charge in [-0.05, 0) is 62.4 Å². The highest BCUT2D eigenvalue weighted by atomic mass is 16.5. The zero-order chi connectivity index (χ0) is 23.4. The number of methoxy groups -OCH3 is 3. The number of carbonyl (C=O) groups is 1. The predicted octanol–water partition coefficient (Wildman–Crippen LogP) is 4.72. The van der Waals surface area contributed by atoms with Gasteiger partial charge >= 0.3 is 0 Å². The van der Waals surface area contributed by atoms with Crippen LogP contribution in [0.4, 0.5) is 5.82 Å². The summed E-state index contributed by atoms with van der Waals surface area (Å²) >= 11 is 0. The van der Waals surface area contributed by atoms with E-state index >= 15 is 0 Å². The number of anilines is 1. The zero-order valence-corrected chi connectivity index (χ0v) is 19.6. The van der Waals surface area contributed by atoms with E-state index in [0.29, 0.717) is 28.9 Å². The number of benzene rings is 2. The molecule has 1 heterocycles. The van der Waals surface area contributed by atoms with Gasteiger partial charge in [-0.3, -0.25) is 4.79 Å². The Labute approximate surface area is 194 Å². The number of rotatable bonds is 7. The molecule has 7 heteroatoms. The number of carbonyl (C=O) groups excluding carboxylic acids is 1. The Hall–Kier alpha value is -3.48. The second-order valence-electron chi connectivity index (χ2n) is 8.42. The van der Waals surface area contributed by atoms with E-state index in [-0.39, 0.29) is 11.9 Å². The molecule has 0 unspecified atom stereocenters. The monoisotopic (exact) mass is 449 g/mol. The van der Waals surface area contributed by atoms with E-state index in [0.717, 1.165) is 37.0 Å². The van der Waals surface area contributed by atoms with Crippen molar-refractivity contribution < 1.29 is 19.0 Å². The van der Waals surface area contributed by atoms with Crippen molar-refractivity contribution in [2.24, 2.45) is 0 Å². The first-order valence-corrected chi connectivity index (χ1v) is 11.3. The molecule has 1 amide bonds. The lowest BCUT2D eigenvalue weighted by Gasteiger charge is -2.30. The number of para-hydroxylation sites is 1. The Bertz CT molecular complexity index is 1110. The number of aromatic nitrogens is 1. The minimum atomic E-state index is -0.141. The summed E-state index contributed by atoms with van der Waals surface area (Å²) in [5.41, 5.74) is 2.71. The molecule has 174 valence electrons. The van der Waals surface area contributed by atoms with Gasteiger partial charge < -0.3 is 24.8 Å². The normalized spacial score (nSPS) is 17.9. The van der Waals surface area contributed by atoms with E-state index in [9.17, 15) is 4.79 Å². The van der Waals surface area contributed by atoms with Crippen LogP contribution in [0, 0.1) is 6.92 Å². The number of hydrogen-bond donors (Lipinski definition) is 2. The number of pyridine rings is 1. The summed E-state index contributed by atoms with van der Waals surface area (Å²) in [7, 11) is 4.62. The van der Waals surface area contributed by atoms with E-state index in [1.54, 1.807) is 33.5 Å². The molecule has 0 bridgehead atoms. The molecule has 1 fully saturated rings. The first kappa shape index (κ1) is 22.7. The van der Waals surface area contributed by atoms with E-state index in [4.69, 9.17) is 19.2 Å². The maximum atomic E-state index is 12.9. The molecule has 4 rings (SSSR count). The third kappa shape index (κ3) is 4.97. The van der Waals surface area contributed by atoms with Crippen molar-refractivity contribution >= 4 is 22.6 Å². The average molecular weight is 450 g/mol. The van der Waals surface area contributed by atoms with E-state index in [1.165, 1.54) is 10.9 Å². The standard InChI is InChI=1S/C26H31N3O4/c1-16-13-24(29-21-8-6-5-7-20(16)21)27-18-9-11-19(12-10-18)28-26(30)17-14-22(31-2)25(33-4)23(15-17)32-3/h5-8,13-15,18-19H,9-12H2,1-4H3,(H,27,29)(H,28,30). The summed E-state index contributed by atoms with van der Waals surface area (Å²) in [5, 5.41) is 7.93. The Morgan fingerprint density at radius 1 is 0.909 bits per heavy atom. The topological polar surface area (TPSA) is 81.7 Å². The van der Waals surface area contributed by atoms with Gasteiger partial charge in [0.15, 0.2) is 11.5 Å². The Morgan fingerprint density at radius 2 is 1.55 bits per heavy atom. The molecule has 1 aliphatic carbocycles. The lowest BCUT2D eigenvalue weighted by molar-refractivity contribution is 0.0925. The number of aryl methyl sites for hydroxylation is 1. The first-order valence-electron chi connectivity index (χ1n) is 11.3. The quantitative estimate of drug-likeness (QED) is 0.543. The second kappa shape index (κ2) is 9.98. The maximum Gasteiger partial charge on any atom is 0.251 e. The van der Waals surface area contributed by atoms with E-state index < -0.39 is 0 Å². The smallest absolute Gasteiger partial charge is 0.251 e. The van der Waals surface area contributed by atoms with Crippen LogP contribution in [0.25, 0.3) is 10.9 Å². The summed E-state index contributed by atoms with van der Waals surface area (Å²) < 4.78 is 16.1. The van der Waals surface area contributed by atoms with Gasteiger partial charge in [-0.25, -0.2) is 4.98 Å². The van der Waals surface area contributed by atoms with Gasteiger partial charge in [-0.2, -0.15) is 0 Å². The zero-order valence-electron chi connectivity index (χ0n) is 19.6. The van der Waals surface area contributed by atoms with Crippen molar-refractivity contribution in [1.82, 2.24) is 10.3 Å². The van der Waals surface area contributed by atoms with Crippen LogP contribution < -0.4 is 24.8 Å². The molecule has 7 nitrogen and oxygen atoms in total. The van der Waals surface area contributed by atoms with Crippen molar-refractivity contribution in [3.63, 3.8) is 0 Å². The molecule has 2 N–H and O–H groups in total. The van der Waals surface area contributed by atoms with Crippen molar-refractivity contribution in [3.05, 3.63) is 53.6 Å². The summed E-state index contributed by atoms with van der Waals surface area (Å²) in [6.07, 6.45) is 3.74. The molecule has 3 aromatic rings. The van der Waals surface area contributed by atoms with Gasteiger partial charge in [-0.15, -0.1) is 0 Å². The number of fused-ring (bicyclic) bond motifs is 1. The highest BCUT2D eigenvalue weighted by Gasteiger charge is 2.24. The number of ether oxygens (including phenoxy) is 3. The summed E-state index contributed by atoms with van der Waals surface area (Å²) in [4.78, 5) is 17.7. The molecule has 0 atom stereocenters. The number of nitrogens with one attached hydrogen (secondary N) is 2. The van der Waals surface area contributed by atoms with Gasteiger partial charge in [0.2, 0.25) is 5.75 Å². The fraction of sp³-hybridized carbons (Fsp3) is 0.385. The molecule has 0 spiro atoms. The van der Waals surface area contributed by atoms with Crippen molar-refractivity contribution in [2.75, 3.05) is 26.6 Å². The van der Waals surface area contributed by atoms with Crippen LogP contribution in [0.3, 0.4) is 0 Å². The van der Waals surface area contributed by atoms with E-state index in [1.807, 2.05) is 18.2 Å². The molecule has 1 saturated carbocycles. The second-order valence-corrected chi connectivity index (χ2v) is 8.42. The van der Waals surface area contributed by atoms with Gasteiger partial charge in [-0.1, -0.05) is 18.2 Å². The largest absolute Gasteiger partial charge is 0.493 e. The minimum Gasteiger partial charge on any atom is -0.493 e. The van der Waals surface area contributed by atoms with Crippen molar-refractivity contribution in [3.8, 4) is 17.2 Å². The lowest BCUT2D eigenvalue weighted by Crippen LogP contribution is -2.40. The number of amides is 1.